The van der Waals surface area contributed by atoms with Crippen LogP contribution in [0.1, 0.15) is 6.92 Å². The van der Waals surface area contributed by atoms with Gasteiger partial charge >= 0.3 is 6.36 Å². The molecule has 3 N–H and O–H groups in total. The maximum Gasteiger partial charge on any atom is 0.573 e. The lowest BCUT2D eigenvalue weighted by molar-refractivity contribution is -0.274. The Morgan fingerprint density at radius 1 is 1.15 bits per heavy atom. The molecule has 1 saturated heterocycles. The van der Waals surface area contributed by atoms with Crippen molar-refractivity contribution in [1.82, 2.24) is 9.80 Å². The molecule has 0 spiro atoms. The molecule has 1 aromatic rings. The van der Waals surface area contributed by atoms with Crippen molar-refractivity contribution >= 4 is 35.6 Å². The molecular formula is C16H25F3IN5O. The molecule has 148 valence electrons. The number of nitrogens with two attached hydrogens (primary N) is 1. The van der Waals surface area contributed by atoms with E-state index >= 15 is 0 Å². The highest BCUT2D eigenvalue weighted by molar-refractivity contribution is 14.0. The molecule has 2 rings (SSSR count). The second kappa shape index (κ2) is 10.8. The standard InChI is InChI=1S/C16H24F3N5O.HI/c1-2-23-9-11-24(12-10-23)8-7-21-15(20)22-13-3-5-14(6-4-13)25-16(17,18)19;/h3-6H,2,7-12H2,1H3,(H3,20,21,22);1H. The largest absolute Gasteiger partial charge is 0.573 e. The van der Waals surface area contributed by atoms with E-state index in [0.29, 0.717) is 12.2 Å². The second-order valence-corrected chi connectivity index (χ2v) is 5.74. The first-order valence-corrected chi connectivity index (χ1v) is 8.23. The number of piperazine rings is 1. The number of nitrogens with zero attached hydrogens (tertiary/aromatic N) is 3. The normalized spacial score (nSPS) is 16.8. The van der Waals surface area contributed by atoms with Crippen LogP contribution in [0, 0.1) is 0 Å². The van der Waals surface area contributed by atoms with Crippen LogP contribution in [-0.2, 0) is 0 Å². The molecule has 0 atom stereocenters. The van der Waals surface area contributed by atoms with Gasteiger partial charge in [-0.3, -0.25) is 9.89 Å². The SMILES string of the molecule is CCN1CCN(CCN=C(N)Nc2ccc(OC(F)(F)F)cc2)CC1.I. The van der Waals surface area contributed by atoms with E-state index in [1.165, 1.54) is 24.3 Å². The lowest BCUT2D eigenvalue weighted by Gasteiger charge is -2.33. The molecule has 0 amide bonds. The molecule has 6 nitrogen and oxygen atoms in total. The Bertz CT molecular complexity index is 560. The monoisotopic (exact) mass is 487 g/mol. The topological polar surface area (TPSA) is 66.1 Å². The van der Waals surface area contributed by atoms with E-state index in [-0.39, 0.29) is 35.7 Å². The minimum atomic E-state index is -4.70. The van der Waals surface area contributed by atoms with Crippen LogP contribution in [0.2, 0.25) is 0 Å². The number of anilines is 1. The number of halogens is 4. The molecule has 0 saturated carbocycles. The summed E-state index contributed by atoms with van der Waals surface area (Å²) in [5.41, 5.74) is 6.35. The summed E-state index contributed by atoms with van der Waals surface area (Å²) in [5.74, 6) is -0.0449. The summed E-state index contributed by atoms with van der Waals surface area (Å²) in [5, 5.41) is 2.85. The Morgan fingerprint density at radius 2 is 1.73 bits per heavy atom. The lowest BCUT2D eigenvalue weighted by atomic mass is 10.3. The molecule has 1 aromatic carbocycles. The van der Waals surface area contributed by atoms with Gasteiger partial charge < -0.3 is 20.7 Å². The second-order valence-electron chi connectivity index (χ2n) is 5.74. The molecule has 1 aliphatic heterocycles. The summed E-state index contributed by atoms with van der Waals surface area (Å²) in [4.78, 5) is 9.00. The number of hydrogen-bond donors (Lipinski definition) is 2. The van der Waals surface area contributed by atoms with E-state index in [9.17, 15) is 13.2 Å². The van der Waals surface area contributed by atoms with Gasteiger partial charge in [-0.1, -0.05) is 6.92 Å². The minimum absolute atomic E-state index is 0. The van der Waals surface area contributed by atoms with Crippen molar-refractivity contribution in [1.29, 1.82) is 0 Å². The highest BCUT2D eigenvalue weighted by Crippen LogP contribution is 2.23. The van der Waals surface area contributed by atoms with Crippen molar-refractivity contribution in [3.8, 4) is 5.75 Å². The van der Waals surface area contributed by atoms with Crippen molar-refractivity contribution in [3.05, 3.63) is 24.3 Å². The first-order valence-electron chi connectivity index (χ1n) is 8.23. The maximum absolute atomic E-state index is 12.1. The van der Waals surface area contributed by atoms with E-state index in [0.717, 1.165) is 39.3 Å². The van der Waals surface area contributed by atoms with E-state index in [1.54, 1.807) is 0 Å². The summed E-state index contributed by atoms with van der Waals surface area (Å²) < 4.78 is 40.1. The van der Waals surface area contributed by atoms with Gasteiger partial charge in [0.25, 0.3) is 0 Å². The van der Waals surface area contributed by atoms with Gasteiger partial charge in [-0.15, -0.1) is 37.1 Å². The number of nitrogens with one attached hydrogen (secondary N) is 1. The fourth-order valence-corrected chi connectivity index (χ4v) is 2.57. The number of ether oxygens (including phenoxy) is 1. The quantitative estimate of drug-likeness (QED) is 0.367. The van der Waals surface area contributed by atoms with Crippen LogP contribution in [0.5, 0.6) is 5.75 Å². The van der Waals surface area contributed by atoms with Gasteiger partial charge in [0.15, 0.2) is 5.96 Å². The number of benzene rings is 1. The van der Waals surface area contributed by atoms with E-state index in [2.05, 4.69) is 31.8 Å². The molecule has 0 bridgehead atoms. The van der Waals surface area contributed by atoms with Crippen molar-refractivity contribution in [2.75, 3.05) is 51.1 Å². The average molecular weight is 487 g/mol. The Balaban J connectivity index is 0.00000338. The number of guanidine groups is 1. The lowest BCUT2D eigenvalue weighted by Crippen LogP contribution is -2.46. The zero-order valence-electron chi connectivity index (χ0n) is 14.6. The summed E-state index contributed by atoms with van der Waals surface area (Å²) in [6, 6.07) is 5.34. The zero-order chi connectivity index (χ0) is 18.3. The highest BCUT2D eigenvalue weighted by Gasteiger charge is 2.30. The van der Waals surface area contributed by atoms with Gasteiger partial charge in [0.05, 0.1) is 6.54 Å². The number of aliphatic imine (C=N–C) groups is 1. The predicted octanol–water partition coefficient (Wildman–Crippen LogP) is 2.57. The van der Waals surface area contributed by atoms with E-state index < -0.39 is 6.36 Å². The van der Waals surface area contributed by atoms with E-state index in [4.69, 9.17) is 5.73 Å². The Morgan fingerprint density at radius 3 is 2.27 bits per heavy atom. The predicted molar refractivity (Wildman–Crippen MR) is 107 cm³/mol. The molecule has 1 aliphatic rings. The molecule has 1 fully saturated rings. The van der Waals surface area contributed by atoms with Gasteiger partial charge in [0.2, 0.25) is 0 Å². The molecule has 0 aliphatic carbocycles. The molecule has 0 aromatic heterocycles. The molecule has 26 heavy (non-hydrogen) atoms. The summed E-state index contributed by atoms with van der Waals surface area (Å²) in [6.45, 7) is 8.83. The van der Waals surface area contributed by atoms with E-state index in [1.807, 2.05) is 0 Å². The number of hydrogen-bond acceptors (Lipinski definition) is 4. The Labute approximate surface area is 168 Å². The molecule has 1 heterocycles. The van der Waals surface area contributed by atoms with Gasteiger partial charge in [0.1, 0.15) is 5.75 Å². The number of likely N-dealkylation sites (N-methyl/N-ethyl adjacent to an activating group) is 1. The van der Waals surface area contributed by atoms with Gasteiger partial charge in [-0.05, 0) is 30.8 Å². The Hall–Kier alpha value is -1.27. The fraction of sp³-hybridized carbons (Fsp3) is 0.562. The minimum Gasteiger partial charge on any atom is -0.406 e. The van der Waals surface area contributed by atoms with Gasteiger partial charge in [-0.25, -0.2) is 0 Å². The molecule has 0 unspecified atom stereocenters. The third kappa shape index (κ3) is 8.41. The molecular weight excluding hydrogens is 462 g/mol. The van der Waals surface area contributed by atoms with Crippen LogP contribution < -0.4 is 15.8 Å². The van der Waals surface area contributed by atoms with Crippen LogP contribution in [0.3, 0.4) is 0 Å². The molecule has 0 radical (unpaired) electrons. The van der Waals surface area contributed by atoms with Crippen LogP contribution in [0.15, 0.2) is 29.3 Å². The summed E-state index contributed by atoms with van der Waals surface area (Å²) >= 11 is 0. The van der Waals surface area contributed by atoms with Crippen LogP contribution in [0.25, 0.3) is 0 Å². The van der Waals surface area contributed by atoms with Crippen LogP contribution in [-0.4, -0.2) is 67.9 Å². The van der Waals surface area contributed by atoms with Gasteiger partial charge in [-0.2, -0.15) is 0 Å². The van der Waals surface area contributed by atoms with Gasteiger partial charge in [0, 0.05) is 38.4 Å². The zero-order valence-corrected chi connectivity index (χ0v) is 17.0. The van der Waals surface area contributed by atoms with Crippen molar-refractivity contribution in [3.63, 3.8) is 0 Å². The third-order valence-corrected chi connectivity index (χ3v) is 3.97. The van der Waals surface area contributed by atoms with Crippen molar-refractivity contribution in [2.24, 2.45) is 10.7 Å². The summed E-state index contributed by atoms with van der Waals surface area (Å²) in [7, 11) is 0. The number of rotatable bonds is 6. The van der Waals surface area contributed by atoms with Crippen LogP contribution in [0.4, 0.5) is 18.9 Å². The first-order chi connectivity index (χ1) is 11.9. The summed E-state index contributed by atoms with van der Waals surface area (Å²) in [6.07, 6.45) is -4.70. The fourth-order valence-electron chi connectivity index (χ4n) is 2.57. The average Bonchev–Trinajstić information content (AvgIpc) is 2.56. The highest BCUT2D eigenvalue weighted by atomic mass is 127. The number of alkyl halides is 3. The Kier molecular flexibility index (Phi) is 9.44. The van der Waals surface area contributed by atoms with Crippen LogP contribution >= 0.6 is 24.0 Å². The third-order valence-electron chi connectivity index (χ3n) is 3.97. The van der Waals surface area contributed by atoms with Crippen molar-refractivity contribution < 1.29 is 17.9 Å². The smallest absolute Gasteiger partial charge is 0.406 e. The maximum atomic E-state index is 12.1. The van der Waals surface area contributed by atoms with Crippen molar-refractivity contribution in [2.45, 2.75) is 13.3 Å². The first kappa shape index (κ1) is 22.8. The molecule has 10 heteroatoms.